The molecule has 0 radical (unpaired) electrons. The first kappa shape index (κ1) is 17.5. The lowest BCUT2D eigenvalue weighted by Crippen LogP contribution is -2.54. The van der Waals surface area contributed by atoms with Crippen LogP contribution >= 0.6 is 0 Å². The van der Waals surface area contributed by atoms with Gasteiger partial charge in [-0.25, -0.2) is 9.78 Å². The average Bonchev–Trinajstić information content (AvgIpc) is 3.07. The highest BCUT2D eigenvalue weighted by molar-refractivity contribution is 5.93. The molecule has 0 saturated carbocycles. The minimum absolute atomic E-state index is 0.0918. The zero-order valence-corrected chi connectivity index (χ0v) is 15.9. The van der Waals surface area contributed by atoms with Crippen molar-refractivity contribution in [1.82, 2.24) is 24.6 Å². The Kier molecular flexibility index (Phi) is 4.53. The number of anilines is 1. The Hall–Kier alpha value is -2.93. The van der Waals surface area contributed by atoms with Gasteiger partial charge in [0.25, 0.3) is 0 Å². The van der Waals surface area contributed by atoms with Crippen LogP contribution in [0.5, 0.6) is 0 Å². The maximum absolute atomic E-state index is 12.7. The lowest BCUT2D eigenvalue weighted by Gasteiger charge is -2.37. The molecule has 140 valence electrons. The third-order valence-electron chi connectivity index (χ3n) is 5.09. The zero-order chi connectivity index (χ0) is 19.0. The molecule has 2 amide bonds. The number of likely N-dealkylation sites (N-methyl/N-ethyl adjacent to an activating group) is 1. The summed E-state index contributed by atoms with van der Waals surface area (Å²) >= 11 is 0. The van der Waals surface area contributed by atoms with Gasteiger partial charge in [-0.15, -0.1) is 0 Å². The fourth-order valence-electron chi connectivity index (χ4n) is 3.58. The SMILES string of the molecule is CC1CN(C)CCN1C(=O)Nc1cc2cc(-c3cnn(C)c3)ccc2cn1. The molecule has 2 aromatic heterocycles. The number of fused-ring (bicyclic) bond motifs is 1. The van der Waals surface area contributed by atoms with Gasteiger partial charge in [0.2, 0.25) is 0 Å². The molecule has 1 N–H and O–H groups in total. The summed E-state index contributed by atoms with van der Waals surface area (Å²) < 4.78 is 1.79. The largest absolute Gasteiger partial charge is 0.323 e. The number of carbonyl (C=O) groups is 1. The van der Waals surface area contributed by atoms with Gasteiger partial charge in [-0.05, 0) is 37.1 Å². The smallest absolute Gasteiger partial charge is 0.319 e. The van der Waals surface area contributed by atoms with Crippen LogP contribution < -0.4 is 5.32 Å². The van der Waals surface area contributed by atoms with Crippen molar-refractivity contribution in [2.75, 3.05) is 32.0 Å². The fourth-order valence-corrected chi connectivity index (χ4v) is 3.58. The lowest BCUT2D eigenvalue weighted by atomic mass is 10.1. The molecule has 0 bridgehead atoms. The molecule has 1 atom stereocenters. The molecule has 3 heterocycles. The number of nitrogens with zero attached hydrogens (tertiary/aromatic N) is 5. The van der Waals surface area contributed by atoms with Crippen molar-refractivity contribution in [3.63, 3.8) is 0 Å². The van der Waals surface area contributed by atoms with Crippen LogP contribution in [-0.2, 0) is 7.05 Å². The van der Waals surface area contributed by atoms with E-state index < -0.39 is 0 Å². The first-order valence-corrected chi connectivity index (χ1v) is 9.14. The van der Waals surface area contributed by atoms with Crippen LogP contribution in [0.25, 0.3) is 21.9 Å². The second-order valence-corrected chi connectivity index (χ2v) is 7.27. The van der Waals surface area contributed by atoms with E-state index in [0.29, 0.717) is 5.82 Å². The van der Waals surface area contributed by atoms with Crippen LogP contribution in [0, 0.1) is 0 Å². The number of rotatable bonds is 2. The van der Waals surface area contributed by atoms with Crippen molar-refractivity contribution >= 4 is 22.6 Å². The van der Waals surface area contributed by atoms with Gasteiger partial charge < -0.3 is 9.80 Å². The number of nitrogens with one attached hydrogen (secondary N) is 1. The molecule has 1 fully saturated rings. The van der Waals surface area contributed by atoms with Gasteiger partial charge >= 0.3 is 6.03 Å². The third-order valence-corrected chi connectivity index (χ3v) is 5.09. The van der Waals surface area contributed by atoms with E-state index in [-0.39, 0.29) is 12.1 Å². The van der Waals surface area contributed by atoms with Crippen LogP contribution in [0.1, 0.15) is 6.92 Å². The molecule has 3 aromatic rings. The standard InChI is InChI=1S/C20H24N6O/c1-14-12-24(2)6-7-26(14)20(27)23-19-9-17-8-15(4-5-16(17)10-21-19)18-11-22-25(3)13-18/h4-5,8-11,13-14H,6-7,12H2,1-3H3,(H,21,23,27). The number of urea groups is 1. The van der Waals surface area contributed by atoms with Gasteiger partial charge in [0, 0.05) is 56.1 Å². The van der Waals surface area contributed by atoms with Crippen LogP contribution in [0.3, 0.4) is 0 Å². The number of amides is 2. The molecule has 7 heteroatoms. The van der Waals surface area contributed by atoms with Crippen molar-refractivity contribution < 1.29 is 4.79 Å². The summed E-state index contributed by atoms with van der Waals surface area (Å²) in [4.78, 5) is 21.2. The summed E-state index contributed by atoms with van der Waals surface area (Å²) in [5.41, 5.74) is 2.15. The maximum atomic E-state index is 12.7. The molecular weight excluding hydrogens is 340 g/mol. The third kappa shape index (κ3) is 3.64. The monoisotopic (exact) mass is 364 g/mol. The van der Waals surface area contributed by atoms with E-state index in [9.17, 15) is 4.79 Å². The van der Waals surface area contributed by atoms with E-state index in [0.717, 1.165) is 41.5 Å². The Balaban J connectivity index is 1.56. The Morgan fingerprint density at radius 3 is 2.70 bits per heavy atom. The number of aromatic nitrogens is 3. The molecule has 27 heavy (non-hydrogen) atoms. The Labute approximate surface area is 158 Å². The van der Waals surface area contributed by atoms with E-state index in [1.54, 1.807) is 10.9 Å². The number of pyridine rings is 1. The molecule has 4 rings (SSSR count). The Morgan fingerprint density at radius 1 is 1.11 bits per heavy atom. The summed E-state index contributed by atoms with van der Waals surface area (Å²) in [6, 6.07) is 8.22. The second-order valence-electron chi connectivity index (χ2n) is 7.27. The number of benzene rings is 1. The predicted molar refractivity (Wildman–Crippen MR) is 107 cm³/mol. The predicted octanol–water partition coefficient (Wildman–Crippen LogP) is 2.80. The minimum atomic E-state index is -0.0918. The number of hydrogen-bond donors (Lipinski definition) is 1. The van der Waals surface area contributed by atoms with Crippen molar-refractivity contribution in [2.24, 2.45) is 7.05 Å². The molecule has 1 aromatic carbocycles. The van der Waals surface area contributed by atoms with Gasteiger partial charge in [-0.3, -0.25) is 10.00 Å². The normalized spacial score (nSPS) is 18.0. The zero-order valence-electron chi connectivity index (χ0n) is 15.9. The minimum Gasteiger partial charge on any atom is -0.319 e. The molecule has 0 spiro atoms. The first-order valence-electron chi connectivity index (χ1n) is 9.14. The topological polar surface area (TPSA) is 66.3 Å². The van der Waals surface area contributed by atoms with Crippen molar-refractivity contribution in [3.05, 3.63) is 42.9 Å². The molecule has 1 saturated heterocycles. The lowest BCUT2D eigenvalue weighted by molar-refractivity contribution is 0.125. The summed E-state index contributed by atoms with van der Waals surface area (Å²) in [6.45, 7) is 4.57. The average molecular weight is 364 g/mol. The summed E-state index contributed by atoms with van der Waals surface area (Å²) in [5.74, 6) is 0.571. The molecular formula is C20H24N6O. The van der Waals surface area contributed by atoms with Gasteiger partial charge in [-0.1, -0.05) is 12.1 Å². The van der Waals surface area contributed by atoms with E-state index in [2.05, 4.69) is 46.4 Å². The van der Waals surface area contributed by atoms with E-state index in [1.807, 2.05) is 36.5 Å². The van der Waals surface area contributed by atoms with Crippen molar-refractivity contribution in [2.45, 2.75) is 13.0 Å². The molecule has 1 aliphatic heterocycles. The Bertz CT molecular complexity index is 982. The quantitative estimate of drug-likeness (QED) is 0.759. The second kappa shape index (κ2) is 7.00. The van der Waals surface area contributed by atoms with Gasteiger partial charge in [0.15, 0.2) is 0 Å². The number of hydrogen-bond acceptors (Lipinski definition) is 4. The van der Waals surface area contributed by atoms with E-state index >= 15 is 0 Å². The van der Waals surface area contributed by atoms with Crippen LogP contribution in [0.15, 0.2) is 42.9 Å². The number of carbonyl (C=O) groups excluding carboxylic acids is 1. The Morgan fingerprint density at radius 2 is 1.96 bits per heavy atom. The van der Waals surface area contributed by atoms with Crippen LogP contribution in [-0.4, -0.2) is 63.3 Å². The molecule has 1 aliphatic rings. The van der Waals surface area contributed by atoms with Crippen LogP contribution in [0.2, 0.25) is 0 Å². The highest BCUT2D eigenvalue weighted by Crippen LogP contribution is 2.25. The summed E-state index contributed by atoms with van der Waals surface area (Å²) in [6.07, 6.45) is 5.63. The first-order chi connectivity index (χ1) is 13.0. The van der Waals surface area contributed by atoms with Gasteiger partial charge in [-0.2, -0.15) is 5.10 Å². The fraction of sp³-hybridized carbons (Fsp3) is 0.350. The van der Waals surface area contributed by atoms with E-state index in [4.69, 9.17) is 0 Å². The van der Waals surface area contributed by atoms with Crippen molar-refractivity contribution in [3.8, 4) is 11.1 Å². The summed E-state index contributed by atoms with van der Waals surface area (Å²) in [5, 5.41) is 9.26. The highest BCUT2D eigenvalue weighted by Gasteiger charge is 2.25. The molecule has 1 unspecified atom stereocenters. The van der Waals surface area contributed by atoms with Gasteiger partial charge in [0.05, 0.1) is 6.20 Å². The van der Waals surface area contributed by atoms with Gasteiger partial charge in [0.1, 0.15) is 5.82 Å². The molecule has 7 nitrogen and oxygen atoms in total. The van der Waals surface area contributed by atoms with Crippen LogP contribution in [0.4, 0.5) is 10.6 Å². The highest BCUT2D eigenvalue weighted by atomic mass is 16.2. The number of piperazine rings is 1. The summed E-state index contributed by atoms with van der Waals surface area (Å²) in [7, 11) is 3.98. The van der Waals surface area contributed by atoms with E-state index in [1.165, 1.54) is 0 Å². The number of aryl methyl sites for hydroxylation is 1. The molecule has 0 aliphatic carbocycles. The van der Waals surface area contributed by atoms with Crippen molar-refractivity contribution in [1.29, 1.82) is 0 Å². The maximum Gasteiger partial charge on any atom is 0.323 e.